The predicted molar refractivity (Wildman–Crippen MR) is 87.7 cm³/mol. The molecule has 0 radical (unpaired) electrons. The van der Waals surface area contributed by atoms with Crippen molar-refractivity contribution in [3.63, 3.8) is 0 Å². The summed E-state index contributed by atoms with van der Waals surface area (Å²) in [5.41, 5.74) is 1.38. The maximum Gasteiger partial charge on any atom is 0.0931 e. The Morgan fingerprint density at radius 1 is 1.26 bits per heavy atom. The Morgan fingerprint density at radius 3 is 2.68 bits per heavy atom. The maximum atomic E-state index is 6.02. The summed E-state index contributed by atoms with van der Waals surface area (Å²) in [4.78, 5) is 2.67. The number of rotatable bonds is 6. The van der Waals surface area contributed by atoms with Crippen LogP contribution in [0.3, 0.4) is 0 Å². The van der Waals surface area contributed by atoms with Crippen LogP contribution in [0, 0.1) is 0 Å². The van der Waals surface area contributed by atoms with Gasteiger partial charge in [-0.1, -0.05) is 36.7 Å². The summed E-state index contributed by atoms with van der Waals surface area (Å²) in [5, 5.41) is 3.58. The molecule has 1 N–H and O–H groups in total. The summed E-state index contributed by atoms with van der Waals surface area (Å²) in [7, 11) is 0. The minimum Gasteiger partial charge on any atom is -0.310 e. The Hall–Kier alpha value is -0.480. The monoisotopic (exact) mass is 311 g/mol. The fourth-order valence-electron chi connectivity index (χ4n) is 2.16. The summed E-state index contributed by atoms with van der Waals surface area (Å²) in [6.07, 6.45) is 3.12. The third-order valence-corrected chi connectivity index (χ3v) is 5.06. The number of hydrogen-bond acceptors (Lipinski definition) is 3. The highest BCUT2D eigenvalue weighted by Gasteiger charge is 2.15. The van der Waals surface area contributed by atoms with Crippen LogP contribution in [-0.2, 0) is 6.42 Å². The van der Waals surface area contributed by atoms with E-state index in [4.69, 9.17) is 11.6 Å². The molecule has 102 valence electrons. The van der Waals surface area contributed by atoms with E-state index in [-0.39, 0.29) is 0 Å². The number of likely N-dealkylation sites (N-methyl/N-ethyl adjacent to an activating group) is 1. The number of halogens is 1. The zero-order valence-corrected chi connectivity index (χ0v) is 13.5. The van der Waals surface area contributed by atoms with Gasteiger partial charge in [0.05, 0.1) is 4.34 Å². The quantitative estimate of drug-likeness (QED) is 0.752. The first-order chi connectivity index (χ1) is 9.24. The van der Waals surface area contributed by atoms with Gasteiger partial charge in [0.15, 0.2) is 0 Å². The standard InChI is InChI=1S/C15H18ClNS2/c1-3-17-13(10-11-8-9-15(16)19-11)12-6-4-5-7-14(12)18-2/h4-9,13,17H,3,10H2,1-2H3. The molecular weight excluding hydrogens is 294 g/mol. The molecule has 1 aromatic carbocycles. The molecule has 1 aromatic heterocycles. The highest BCUT2D eigenvalue weighted by Crippen LogP contribution is 2.30. The molecule has 1 unspecified atom stereocenters. The Balaban J connectivity index is 2.23. The fraction of sp³-hybridized carbons (Fsp3) is 0.333. The van der Waals surface area contributed by atoms with Crippen LogP contribution in [0.4, 0.5) is 0 Å². The van der Waals surface area contributed by atoms with E-state index in [1.165, 1.54) is 15.3 Å². The minimum atomic E-state index is 0.350. The summed E-state index contributed by atoms with van der Waals surface area (Å²) in [5.74, 6) is 0. The van der Waals surface area contributed by atoms with E-state index in [9.17, 15) is 0 Å². The van der Waals surface area contributed by atoms with E-state index in [1.54, 1.807) is 23.1 Å². The number of nitrogens with one attached hydrogen (secondary N) is 1. The van der Waals surface area contributed by atoms with E-state index in [2.05, 4.69) is 48.8 Å². The molecule has 2 aromatic rings. The zero-order chi connectivity index (χ0) is 13.7. The zero-order valence-electron chi connectivity index (χ0n) is 11.2. The Kier molecular flexibility index (Phi) is 5.76. The van der Waals surface area contributed by atoms with Crippen LogP contribution in [0.25, 0.3) is 0 Å². The van der Waals surface area contributed by atoms with Crippen LogP contribution in [-0.4, -0.2) is 12.8 Å². The molecule has 0 aliphatic rings. The molecule has 1 atom stereocenters. The molecule has 0 amide bonds. The Morgan fingerprint density at radius 2 is 2.05 bits per heavy atom. The summed E-state index contributed by atoms with van der Waals surface area (Å²) < 4.78 is 0.864. The normalized spacial score (nSPS) is 12.6. The van der Waals surface area contributed by atoms with Crippen LogP contribution in [0.15, 0.2) is 41.3 Å². The van der Waals surface area contributed by atoms with Crippen molar-refractivity contribution in [1.29, 1.82) is 0 Å². The predicted octanol–water partition coefficient (Wildman–Crippen LogP) is 5.02. The molecule has 0 spiro atoms. The van der Waals surface area contributed by atoms with E-state index in [0.29, 0.717) is 6.04 Å². The first kappa shape index (κ1) is 14.9. The van der Waals surface area contributed by atoms with Crippen LogP contribution < -0.4 is 5.32 Å². The molecule has 1 heterocycles. The second-order valence-corrected chi connectivity index (χ2v) is 6.91. The second kappa shape index (κ2) is 7.34. The third kappa shape index (κ3) is 3.99. The lowest BCUT2D eigenvalue weighted by Crippen LogP contribution is -2.23. The molecule has 2 rings (SSSR count). The van der Waals surface area contributed by atoms with Crippen molar-refractivity contribution >= 4 is 34.7 Å². The van der Waals surface area contributed by atoms with Gasteiger partial charge in [-0.05, 0) is 36.6 Å². The van der Waals surface area contributed by atoms with E-state index in [1.807, 2.05) is 6.07 Å². The molecule has 0 fully saturated rings. The average Bonchev–Trinajstić information content (AvgIpc) is 2.84. The van der Waals surface area contributed by atoms with Crippen molar-refractivity contribution in [1.82, 2.24) is 5.32 Å². The van der Waals surface area contributed by atoms with Gasteiger partial charge in [0.2, 0.25) is 0 Å². The number of hydrogen-bond donors (Lipinski definition) is 1. The van der Waals surface area contributed by atoms with Gasteiger partial charge in [0.1, 0.15) is 0 Å². The molecule has 4 heteroatoms. The first-order valence-electron chi connectivity index (χ1n) is 6.35. The van der Waals surface area contributed by atoms with Crippen LogP contribution >= 0.6 is 34.7 Å². The number of thioether (sulfide) groups is 1. The van der Waals surface area contributed by atoms with Gasteiger partial charge in [-0.3, -0.25) is 0 Å². The van der Waals surface area contributed by atoms with Crippen LogP contribution in [0.2, 0.25) is 4.34 Å². The summed E-state index contributed by atoms with van der Waals surface area (Å²) in [6.45, 7) is 3.11. The fourth-order valence-corrected chi connectivity index (χ4v) is 3.95. The summed E-state index contributed by atoms with van der Waals surface area (Å²) in [6, 6.07) is 13.1. The highest BCUT2D eigenvalue weighted by molar-refractivity contribution is 7.98. The van der Waals surface area contributed by atoms with Crippen molar-refractivity contribution in [3.8, 4) is 0 Å². The van der Waals surface area contributed by atoms with Crippen molar-refractivity contribution in [3.05, 3.63) is 51.2 Å². The van der Waals surface area contributed by atoms with E-state index >= 15 is 0 Å². The molecule has 1 nitrogen and oxygen atoms in total. The average molecular weight is 312 g/mol. The van der Waals surface area contributed by atoms with Crippen LogP contribution in [0.5, 0.6) is 0 Å². The van der Waals surface area contributed by atoms with Gasteiger partial charge >= 0.3 is 0 Å². The molecule has 0 aliphatic carbocycles. The van der Waals surface area contributed by atoms with Gasteiger partial charge < -0.3 is 5.32 Å². The van der Waals surface area contributed by atoms with Gasteiger partial charge in [-0.15, -0.1) is 23.1 Å². The number of thiophene rings is 1. The van der Waals surface area contributed by atoms with Crippen molar-refractivity contribution in [2.24, 2.45) is 0 Å². The Bertz CT molecular complexity index is 524. The lowest BCUT2D eigenvalue weighted by Gasteiger charge is -2.20. The molecular formula is C15H18ClNS2. The van der Waals surface area contributed by atoms with E-state index in [0.717, 1.165) is 17.3 Å². The highest BCUT2D eigenvalue weighted by atomic mass is 35.5. The molecule has 19 heavy (non-hydrogen) atoms. The third-order valence-electron chi connectivity index (χ3n) is 3.00. The lowest BCUT2D eigenvalue weighted by atomic mass is 10.0. The molecule has 0 aliphatic heterocycles. The lowest BCUT2D eigenvalue weighted by molar-refractivity contribution is 0.546. The van der Waals surface area contributed by atoms with Gasteiger partial charge in [0, 0.05) is 22.2 Å². The largest absolute Gasteiger partial charge is 0.310 e. The molecule has 0 saturated carbocycles. The second-order valence-electron chi connectivity index (χ2n) is 4.26. The molecule has 0 saturated heterocycles. The maximum absolute atomic E-state index is 6.02. The van der Waals surface area contributed by atoms with Gasteiger partial charge in [0.25, 0.3) is 0 Å². The molecule has 0 bridgehead atoms. The van der Waals surface area contributed by atoms with Gasteiger partial charge in [-0.2, -0.15) is 0 Å². The van der Waals surface area contributed by atoms with Crippen LogP contribution in [0.1, 0.15) is 23.4 Å². The first-order valence-corrected chi connectivity index (χ1v) is 8.77. The summed E-state index contributed by atoms with van der Waals surface area (Å²) >= 11 is 9.49. The Labute approximate surface area is 128 Å². The van der Waals surface area contributed by atoms with Crippen molar-refractivity contribution in [2.45, 2.75) is 24.3 Å². The van der Waals surface area contributed by atoms with Crippen molar-refractivity contribution < 1.29 is 0 Å². The van der Waals surface area contributed by atoms with Gasteiger partial charge in [-0.25, -0.2) is 0 Å². The van der Waals surface area contributed by atoms with Crippen molar-refractivity contribution in [2.75, 3.05) is 12.8 Å². The SMILES string of the molecule is CCNC(Cc1ccc(Cl)s1)c1ccccc1SC. The smallest absolute Gasteiger partial charge is 0.0931 e. The topological polar surface area (TPSA) is 12.0 Å². The van der Waals surface area contributed by atoms with E-state index < -0.39 is 0 Å². The number of benzene rings is 1. The minimum absolute atomic E-state index is 0.350.